The Kier molecular flexibility index (Phi) is 4.53. The number of fused-ring (bicyclic) bond motifs is 1. The van der Waals surface area contributed by atoms with Gasteiger partial charge >= 0.3 is 5.69 Å². The van der Waals surface area contributed by atoms with Crippen molar-refractivity contribution < 1.29 is 10.0 Å². The van der Waals surface area contributed by atoms with Crippen molar-refractivity contribution in [3.8, 4) is 0 Å². The molecular formula is C17H22N4O3. The smallest absolute Gasteiger partial charge is 0.306 e. The molecule has 1 unspecified atom stereocenters. The summed E-state index contributed by atoms with van der Waals surface area (Å²) in [5.74, 6) is 0. The summed E-state index contributed by atoms with van der Waals surface area (Å²) in [4.78, 5) is 12.4. The number of aryl methyl sites for hydroxylation is 2. The summed E-state index contributed by atoms with van der Waals surface area (Å²) in [5, 5.41) is 25.0. The van der Waals surface area contributed by atoms with Crippen molar-refractivity contribution in [2.75, 3.05) is 18.0 Å². The van der Waals surface area contributed by atoms with E-state index < -0.39 is 11.0 Å². The molecule has 1 aromatic carbocycles. The number of nitrogens with zero attached hydrogens (tertiary/aromatic N) is 4. The van der Waals surface area contributed by atoms with Crippen molar-refractivity contribution in [3.63, 3.8) is 0 Å². The van der Waals surface area contributed by atoms with E-state index in [0.717, 1.165) is 19.4 Å². The standard InChI is InChI=1S/C17H22N4O3/c1-12-6-13(2)16-4-3-5-19(17(16)7-12)10-15(22)11-20-9-14(8-18-20)21(23)24/h6-9,15,22H,3-5,10-11H2,1-2H3. The van der Waals surface area contributed by atoms with Crippen molar-refractivity contribution >= 4 is 11.4 Å². The Labute approximate surface area is 140 Å². The Morgan fingerprint density at radius 3 is 2.88 bits per heavy atom. The number of hydrogen-bond donors (Lipinski definition) is 1. The van der Waals surface area contributed by atoms with Gasteiger partial charge in [-0.05, 0) is 49.4 Å². The first-order valence-electron chi connectivity index (χ1n) is 8.14. The van der Waals surface area contributed by atoms with Crippen LogP contribution < -0.4 is 4.90 Å². The third kappa shape index (κ3) is 3.41. The zero-order valence-corrected chi connectivity index (χ0v) is 14.0. The molecular weight excluding hydrogens is 308 g/mol. The summed E-state index contributed by atoms with van der Waals surface area (Å²) >= 11 is 0. The highest BCUT2D eigenvalue weighted by Gasteiger charge is 2.21. The van der Waals surface area contributed by atoms with Gasteiger partial charge in [-0.1, -0.05) is 6.07 Å². The second-order valence-corrected chi connectivity index (χ2v) is 6.46. The highest BCUT2D eigenvalue weighted by atomic mass is 16.6. The lowest BCUT2D eigenvalue weighted by Crippen LogP contribution is -2.38. The third-order valence-corrected chi connectivity index (χ3v) is 4.45. The summed E-state index contributed by atoms with van der Waals surface area (Å²) in [6, 6.07) is 4.37. The van der Waals surface area contributed by atoms with Gasteiger partial charge in [0.25, 0.3) is 0 Å². The maximum atomic E-state index is 10.7. The molecule has 24 heavy (non-hydrogen) atoms. The van der Waals surface area contributed by atoms with Crippen LogP contribution in [0.25, 0.3) is 0 Å². The molecule has 2 heterocycles. The molecule has 1 N–H and O–H groups in total. The lowest BCUT2D eigenvalue weighted by Gasteiger charge is -2.34. The van der Waals surface area contributed by atoms with Gasteiger partial charge in [-0.2, -0.15) is 5.10 Å². The molecule has 0 fully saturated rings. The lowest BCUT2D eigenvalue weighted by atomic mass is 9.95. The Hall–Kier alpha value is -2.41. The Bertz CT molecular complexity index is 756. The lowest BCUT2D eigenvalue weighted by molar-refractivity contribution is -0.385. The highest BCUT2D eigenvalue weighted by Crippen LogP contribution is 2.31. The van der Waals surface area contributed by atoms with E-state index >= 15 is 0 Å². The molecule has 7 heteroatoms. The van der Waals surface area contributed by atoms with Crippen LogP contribution in [0.3, 0.4) is 0 Å². The molecule has 1 aromatic heterocycles. The zero-order valence-electron chi connectivity index (χ0n) is 14.0. The molecule has 0 aliphatic carbocycles. The second kappa shape index (κ2) is 6.60. The fourth-order valence-electron chi connectivity index (χ4n) is 3.41. The summed E-state index contributed by atoms with van der Waals surface area (Å²) in [7, 11) is 0. The number of benzene rings is 1. The summed E-state index contributed by atoms with van der Waals surface area (Å²) in [6.07, 6.45) is 4.05. The van der Waals surface area contributed by atoms with Gasteiger partial charge < -0.3 is 10.0 Å². The maximum absolute atomic E-state index is 10.7. The number of rotatable bonds is 5. The normalized spacial score (nSPS) is 15.2. The van der Waals surface area contributed by atoms with Gasteiger partial charge in [0.05, 0.1) is 17.6 Å². The van der Waals surface area contributed by atoms with Crippen molar-refractivity contribution in [1.29, 1.82) is 0 Å². The minimum absolute atomic E-state index is 0.0585. The van der Waals surface area contributed by atoms with E-state index in [1.54, 1.807) is 0 Å². The molecule has 0 radical (unpaired) electrons. The van der Waals surface area contributed by atoms with Crippen LogP contribution in [-0.4, -0.2) is 39.0 Å². The third-order valence-electron chi connectivity index (χ3n) is 4.45. The predicted molar refractivity (Wildman–Crippen MR) is 91.3 cm³/mol. The van der Waals surface area contributed by atoms with Gasteiger partial charge in [-0.25, -0.2) is 0 Å². The number of hydrogen-bond acceptors (Lipinski definition) is 5. The van der Waals surface area contributed by atoms with Gasteiger partial charge in [0.15, 0.2) is 0 Å². The van der Waals surface area contributed by atoms with Gasteiger partial charge in [0, 0.05) is 18.8 Å². The second-order valence-electron chi connectivity index (χ2n) is 6.46. The molecule has 1 aliphatic rings. The first kappa shape index (κ1) is 16.4. The fraction of sp³-hybridized carbons (Fsp3) is 0.471. The maximum Gasteiger partial charge on any atom is 0.306 e. The van der Waals surface area contributed by atoms with Crippen molar-refractivity contribution in [1.82, 2.24) is 9.78 Å². The van der Waals surface area contributed by atoms with E-state index in [-0.39, 0.29) is 12.2 Å². The van der Waals surface area contributed by atoms with Crippen LogP contribution in [0.15, 0.2) is 24.5 Å². The number of β-amino-alcohol motifs (C(OH)–C–C–N with tert-alkyl or cyclic N) is 1. The van der Waals surface area contributed by atoms with E-state index in [1.165, 1.54) is 39.5 Å². The molecule has 0 saturated carbocycles. The van der Waals surface area contributed by atoms with E-state index in [2.05, 4.69) is 36.0 Å². The van der Waals surface area contributed by atoms with E-state index in [0.29, 0.717) is 6.54 Å². The van der Waals surface area contributed by atoms with Crippen LogP contribution in [0.4, 0.5) is 11.4 Å². The van der Waals surface area contributed by atoms with Crippen molar-refractivity contribution in [3.05, 3.63) is 51.3 Å². The van der Waals surface area contributed by atoms with Gasteiger partial charge in [-0.3, -0.25) is 14.8 Å². The Balaban J connectivity index is 1.71. The quantitative estimate of drug-likeness (QED) is 0.671. The number of anilines is 1. The Morgan fingerprint density at radius 2 is 2.17 bits per heavy atom. The number of aliphatic hydroxyl groups is 1. The van der Waals surface area contributed by atoms with E-state index in [1.807, 2.05) is 0 Å². The molecule has 128 valence electrons. The molecule has 0 saturated heterocycles. The topological polar surface area (TPSA) is 84.4 Å². The summed E-state index contributed by atoms with van der Waals surface area (Å²) < 4.78 is 1.43. The van der Waals surface area contributed by atoms with E-state index in [4.69, 9.17) is 0 Å². The summed E-state index contributed by atoms with van der Waals surface area (Å²) in [6.45, 7) is 5.86. The minimum Gasteiger partial charge on any atom is -0.389 e. The van der Waals surface area contributed by atoms with Crippen LogP contribution in [0.5, 0.6) is 0 Å². The zero-order chi connectivity index (χ0) is 17.3. The first-order valence-corrected chi connectivity index (χ1v) is 8.14. The van der Waals surface area contributed by atoms with Crippen LogP contribution >= 0.6 is 0 Å². The SMILES string of the molecule is Cc1cc(C)c2c(c1)N(CC(O)Cn1cc([N+](=O)[O-])cn1)CCC2. The number of aliphatic hydroxyl groups excluding tert-OH is 1. The van der Waals surface area contributed by atoms with Crippen LogP contribution in [0, 0.1) is 24.0 Å². The molecule has 7 nitrogen and oxygen atoms in total. The largest absolute Gasteiger partial charge is 0.389 e. The number of nitro groups is 1. The predicted octanol–water partition coefficient (Wildman–Crippen LogP) is 2.22. The van der Waals surface area contributed by atoms with Crippen LogP contribution in [0.1, 0.15) is 23.1 Å². The average molecular weight is 330 g/mol. The highest BCUT2D eigenvalue weighted by molar-refractivity contribution is 5.60. The van der Waals surface area contributed by atoms with Crippen molar-refractivity contribution in [2.45, 2.75) is 39.3 Å². The van der Waals surface area contributed by atoms with Crippen LogP contribution in [0.2, 0.25) is 0 Å². The van der Waals surface area contributed by atoms with Gasteiger partial charge in [0.2, 0.25) is 0 Å². The monoisotopic (exact) mass is 330 g/mol. The minimum atomic E-state index is -0.642. The molecule has 2 aromatic rings. The van der Waals surface area contributed by atoms with Gasteiger partial charge in [0.1, 0.15) is 12.4 Å². The average Bonchev–Trinajstić information content (AvgIpc) is 2.96. The van der Waals surface area contributed by atoms with Crippen molar-refractivity contribution in [2.24, 2.45) is 0 Å². The van der Waals surface area contributed by atoms with Crippen LogP contribution in [-0.2, 0) is 13.0 Å². The molecule has 0 amide bonds. The molecule has 0 bridgehead atoms. The van der Waals surface area contributed by atoms with Gasteiger partial charge in [-0.15, -0.1) is 0 Å². The fourth-order valence-corrected chi connectivity index (χ4v) is 3.41. The molecule has 0 spiro atoms. The molecule has 1 aliphatic heterocycles. The number of aromatic nitrogens is 2. The first-order chi connectivity index (χ1) is 11.4. The molecule has 1 atom stereocenters. The summed E-state index contributed by atoms with van der Waals surface area (Å²) in [5.41, 5.74) is 5.01. The molecule has 3 rings (SSSR count). The Morgan fingerprint density at radius 1 is 1.38 bits per heavy atom. The van der Waals surface area contributed by atoms with E-state index in [9.17, 15) is 15.2 Å².